The molecule has 31 heavy (non-hydrogen) atoms. The highest BCUT2D eigenvalue weighted by atomic mass is 35.5. The fourth-order valence-electron chi connectivity index (χ4n) is 3.43. The van der Waals surface area contributed by atoms with Gasteiger partial charge in [0.05, 0.1) is 23.7 Å². The van der Waals surface area contributed by atoms with Gasteiger partial charge in [-0.25, -0.2) is 8.42 Å². The zero-order chi connectivity index (χ0) is 22.4. The van der Waals surface area contributed by atoms with Gasteiger partial charge in [0.15, 0.2) is 11.5 Å². The number of hydrogen-bond acceptors (Lipinski definition) is 5. The molecule has 0 bridgehead atoms. The molecular formula is C21H24Cl2N2O5S. The van der Waals surface area contributed by atoms with E-state index in [-0.39, 0.29) is 39.9 Å². The second-order valence-corrected chi connectivity index (χ2v) is 9.71. The molecule has 0 aromatic heterocycles. The summed E-state index contributed by atoms with van der Waals surface area (Å²) in [7, 11) is -2.26. The molecule has 1 aliphatic heterocycles. The van der Waals surface area contributed by atoms with Crippen LogP contribution < -0.4 is 14.8 Å². The van der Waals surface area contributed by atoms with Gasteiger partial charge in [0.1, 0.15) is 11.5 Å². The number of para-hydroxylation sites is 2. The van der Waals surface area contributed by atoms with Gasteiger partial charge in [-0.3, -0.25) is 4.79 Å². The van der Waals surface area contributed by atoms with Crippen LogP contribution in [0.4, 0.5) is 0 Å². The van der Waals surface area contributed by atoms with Crippen molar-refractivity contribution in [1.29, 1.82) is 0 Å². The lowest BCUT2D eigenvalue weighted by Gasteiger charge is -2.31. The van der Waals surface area contributed by atoms with Crippen molar-refractivity contribution in [1.82, 2.24) is 9.62 Å². The number of carbonyl (C=O) groups is 1. The van der Waals surface area contributed by atoms with Crippen molar-refractivity contribution in [2.24, 2.45) is 5.92 Å². The maximum absolute atomic E-state index is 12.9. The molecule has 2 aromatic rings. The topological polar surface area (TPSA) is 84.9 Å². The van der Waals surface area contributed by atoms with Gasteiger partial charge in [0, 0.05) is 19.0 Å². The number of amides is 1. The van der Waals surface area contributed by atoms with E-state index >= 15 is 0 Å². The predicted octanol–water partition coefficient (Wildman–Crippen LogP) is 3.60. The van der Waals surface area contributed by atoms with E-state index in [4.69, 9.17) is 32.7 Å². The Bertz CT molecular complexity index is 1000. The smallest absolute Gasteiger partial charge is 0.246 e. The van der Waals surface area contributed by atoms with Crippen LogP contribution >= 0.6 is 23.2 Å². The van der Waals surface area contributed by atoms with Gasteiger partial charge >= 0.3 is 0 Å². The standard InChI is InChI=1S/C21H24Cl2N2O5S/c1-29-18-7-2-3-8-19(18)30-14-11-24-21(26)15-9-12-25(13-10-15)31(27,28)20-16(22)5-4-6-17(20)23/h2-8,15H,9-14H2,1H3,(H,24,26). The van der Waals surface area contributed by atoms with E-state index in [0.717, 1.165) is 0 Å². The maximum atomic E-state index is 12.9. The van der Waals surface area contributed by atoms with Crippen molar-refractivity contribution in [3.05, 3.63) is 52.5 Å². The summed E-state index contributed by atoms with van der Waals surface area (Å²) in [6.07, 6.45) is 0.834. The Kier molecular flexibility index (Phi) is 8.05. The minimum Gasteiger partial charge on any atom is -0.493 e. The summed E-state index contributed by atoms with van der Waals surface area (Å²) in [6, 6.07) is 11.9. The van der Waals surface area contributed by atoms with E-state index in [1.165, 1.54) is 16.4 Å². The summed E-state index contributed by atoms with van der Waals surface area (Å²) in [6.45, 7) is 1.08. The number of nitrogens with one attached hydrogen (secondary N) is 1. The molecule has 0 spiro atoms. The minimum absolute atomic E-state index is 0.0856. The van der Waals surface area contributed by atoms with Crippen molar-refractivity contribution < 1.29 is 22.7 Å². The first-order valence-electron chi connectivity index (χ1n) is 9.82. The van der Waals surface area contributed by atoms with E-state index in [9.17, 15) is 13.2 Å². The van der Waals surface area contributed by atoms with Crippen LogP contribution in [0.25, 0.3) is 0 Å². The zero-order valence-electron chi connectivity index (χ0n) is 17.0. The van der Waals surface area contributed by atoms with Crippen LogP contribution in [0.3, 0.4) is 0 Å². The highest BCUT2D eigenvalue weighted by molar-refractivity contribution is 7.89. The largest absolute Gasteiger partial charge is 0.493 e. The Morgan fingerprint density at radius 3 is 2.29 bits per heavy atom. The monoisotopic (exact) mass is 486 g/mol. The van der Waals surface area contributed by atoms with Gasteiger partial charge in [-0.2, -0.15) is 4.31 Å². The molecule has 7 nitrogen and oxygen atoms in total. The van der Waals surface area contributed by atoms with Crippen LogP contribution in [-0.2, 0) is 14.8 Å². The molecule has 0 unspecified atom stereocenters. The third-order valence-electron chi connectivity index (χ3n) is 5.07. The third kappa shape index (κ3) is 5.63. The molecule has 0 radical (unpaired) electrons. The molecule has 0 saturated carbocycles. The van der Waals surface area contributed by atoms with Crippen molar-refractivity contribution in [3.63, 3.8) is 0 Å². The number of hydrogen-bond donors (Lipinski definition) is 1. The Hall–Kier alpha value is -2.00. The van der Waals surface area contributed by atoms with Gasteiger partial charge in [0.2, 0.25) is 15.9 Å². The number of halogens is 2. The van der Waals surface area contributed by atoms with E-state index in [1.807, 2.05) is 12.1 Å². The predicted molar refractivity (Wildman–Crippen MR) is 119 cm³/mol. The first-order chi connectivity index (χ1) is 14.8. The Morgan fingerprint density at radius 2 is 1.68 bits per heavy atom. The van der Waals surface area contributed by atoms with E-state index in [2.05, 4.69) is 5.32 Å². The molecule has 1 amide bonds. The number of benzene rings is 2. The Labute approximate surface area is 192 Å². The first-order valence-corrected chi connectivity index (χ1v) is 12.0. The van der Waals surface area contributed by atoms with Gasteiger partial charge in [-0.1, -0.05) is 41.4 Å². The number of methoxy groups -OCH3 is 1. The molecule has 168 valence electrons. The van der Waals surface area contributed by atoms with Crippen molar-refractivity contribution >= 4 is 39.1 Å². The second kappa shape index (κ2) is 10.5. The molecule has 0 aliphatic carbocycles. The van der Waals surface area contributed by atoms with Crippen molar-refractivity contribution in [2.45, 2.75) is 17.7 Å². The molecule has 1 saturated heterocycles. The summed E-state index contributed by atoms with van der Waals surface area (Å²) in [5.74, 6) is 0.855. The first kappa shape index (κ1) is 23.7. The van der Waals surface area contributed by atoms with E-state index in [0.29, 0.717) is 37.5 Å². The van der Waals surface area contributed by atoms with Crippen LogP contribution in [0.15, 0.2) is 47.4 Å². The van der Waals surface area contributed by atoms with E-state index < -0.39 is 10.0 Å². The van der Waals surface area contributed by atoms with Crippen LogP contribution in [0.1, 0.15) is 12.8 Å². The molecule has 10 heteroatoms. The lowest BCUT2D eigenvalue weighted by atomic mass is 9.97. The van der Waals surface area contributed by atoms with Crippen LogP contribution in [-0.4, -0.2) is 52.0 Å². The molecule has 1 heterocycles. The fraction of sp³-hybridized carbons (Fsp3) is 0.381. The fourth-order valence-corrected chi connectivity index (χ4v) is 6.00. The number of rotatable bonds is 8. The van der Waals surface area contributed by atoms with Gasteiger partial charge in [-0.05, 0) is 37.1 Å². The van der Waals surface area contributed by atoms with Crippen LogP contribution in [0.5, 0.6) is 11.5 Å². The second-order valence-electron chi connectivity index (χ2n) is 7.02. The lowest BCUT2D eigenvalue weighted by Crippen LogP contribution is -2.43. The normalized spacial score (nSPS) is 15.5. The highest BCUT2D eigenvalue weighted by Crippen LogP contribution is 2.33. The number of sulfonamides is 1. The summed E-state index contributed by atoms with van der Waals surface area (Å²) in [5, 5.41) is 3.02. The number of piperidine rings is 1. The molecule has 0 atom stereocenters. The summed E-state index contributed by atoms with van der Waals surface area (Å²) >= 11 is 12.1. The third-order valence-corrected chi connectivity index (χ3v) is 7.92. The molecule has 3 rings (SSSR count). The molecule has 1 fully saturated rings. The van der Waals surface area contributed by atoms with Gasteiger partial charge in [-0.15, -0.1) is 0 Å². The van der Waals surface area contributed by atoms with E-state index in [1.54, 1.807) is 25.3 Å². The SMILES string of the molecule is COc1ccccc1OCCNC(=O)C1CCN(S(=O)(=O)c2c(Cl)cccc2Cl)CC1. The van der Waals surface area contributed by atoms with Crippen molar-refractivity contribution in [3.8, 4) is 11.5 Å². The minimum atomic E-state index is -3.82. The summed E-state index contributed by atoms with van der Waals surface area (Å²) < 4.78 is 38.1. The average Bonchev–Trinajstić information content (AvgIpc) is 2.76. The molecular weight excluding hydrogens is 463 g/mol. The Morgan fingerprint density at radius 1 is 1.06 bits per heavy atom. The number of nitrogens with zero attached hydrogens (tertiary/aromatic N) is 1. The zero-order valence-corrected chi connectivity index (χ0v) is 19.3. The summed E-state index contributed by atoms with van der Waals surface area (Å²) in [4.78, 5) is 12.4. The van der Waals surface area contributed by atoms with Gasteiger partial charge in [0.25, 0.3) is 0 Å². The molecule has 2 aromatic carbocycles. The molecule has 1 aliphatic rings. The van der Waals surface area contributed by atoms with Crippen molar-refractivity contribution in [2.75, 3.05) is 33.4 Å². The quantitative estimate of drug-likeness (QED) is 0.576. The van der Waals surface area contributed by atoms with Crippen LogP contribution in [0, 0.1) is 5.92 Å². The lowest BCUT2D eigenvalue weighted by molar-refractivity contribution is -0.126. The highest BCUT2D eigenvalue weighted by Gasteiger charge is 2.34. The summed E-state index contributed by atoms with van der Waals surface area (Å²) in [5.41, 5.74) is 0. The van der Waals surface area contributed by atoms with Gasteiger partial charge < -0.3 is 14.8 Å². The average molecular weight is 487 g/mol. The number of ether oxygens (including phenoxy) is 2. The maximum Gasteiger partial charge on any atom is 0.246 e. The Balaban J connectivity index is 1.48. The number of carbonyl (C=O) groups excluding carboxylic acids is 1. The molecule has 1 N–H and O–H groups in total. The van der Waals surface area contributed by atoms with Crippen LogP contribution in [0.2, 0.25) is 10.0 Å².